The van der Waals surface area contributed by atoms with Gasteiger partial charge in [0.1, 0.15) is 5.75 Å². The summed E-state index contributed by atoms with van der Waals surface area (Å²) >= 11 is 0. The van der Waals surface area contributed by atoms with Crippen LogP contribution in [0.25, 0.3) is 10.8 Å². The molecule has 0 bridgehead atoms. The maximum atomic E-state index is 12.6. The molecular weight excluding hydrogens is 280 g/mol. The third-order valence-electron chi connectivity index (χ3n) is 3.43. The Kier molecular flexibility index (Phi) is 5.53. The first-order valence-electron chi connectivity index (χ1n) is 7.53. The summed E-state index contributed by atoms with van der Waals surface area (Å²) in [7, 11) is 0. The number of ketones is 1. The number of Topliss-reactive ketones (excluding diaryl/α,β-unsaturated/α-hetero) is 1. The molecule has 0 saturated carbocycles. The van der Waals surface area contributed by atoms with Crippen LogP contribution < -0.4 is 4.74 Å². The van der Waals surface area contributed by atoms with Crippen molar-refractivity contribution < 1.29 is 19.4 Å². The van der Waals surface area contributed by atoms with Crippen molar-refractivity contribution in [2.75, 3.05) is 6.61 Å². The Bertz CT molecular complexity index is 676. The van der Waals surface area contributed by atoms with Crippen molar-refractivity contribution in [1.82, 2.24) is 0 Å². The Balaban J connectivity index is 2.34. The molecule has 0 radical (unpaired) electrons. The molecule has 22 heavy (non-hydrogen) atoms. The van der Waals surface area contributed by atoms with Crippen molar-refractivity contribution in [3.63, 3.8) is 0 Å². The van der Waals surface area contributed by atoms with E-state index in [4.69, 9.17) is 9.84 Å². The van der Waals surface area contributed by atoms with Crippen LogP contribution in [0.15, 0.2) is 36.4 Å². The van der Waals surface area contributed by atoms with Gasteiger partial charge in [-0.2, -0.15) is 0 Å². The van der Waals surface area contributed by atoms with Gasteiger partial charge in [0.2, 0.25) is 0 Å². The topological polar surface area (TPSA) is 63.6 Å². The lowest BCUT2D eigenvalue weighted by atomic mass is 9.97. The zero-order valence-electron chi connectivity index (χ0n) is 12.7. The standard InChI is InChI=1S/C18H20O4/c1-2-12-22-16-11-10-13-6-3-4-7-14(13)18(16)15(19)8-5-9-17(20)21/h3-4,6-7,10-11H,2,5,8-9,12H2,1H3,(H,20,21). The van der Waals surface area contributed by atoms with E-state index in [0.717, 1.165) is 17.2 Å². The fourth-order valence-electron chi connectivity index (χ4n) is 2.40. The molecule has 0 aliphatic heterocycles. The van der Waals surface area contributed by atoms with Crippen molar-refractivity contribution in [2.24, 2.45) is 0 Å². The highest BCUT2D eigenvalue weighted by Gasteiger charge is 2.16. The van der Waals surface area contributed by atoms with E-state index in [1.54, 1.807) is 0 Å². The van der Waals surface area contributed by atoms with Crippen LogP contribution in [0.3, 0.4) is 0 Å². The molecule has 0 saturated heterocycles. The van der Waals surface area contributed by atoms with Crippen LogP contribution in [-0.2, 0) is 4.79 Å². The number of carbonyl (C=O) groups excluding carboxylic acids is 1. The summed E-state index contributed by atoms with van der Waals surface area (Å²) in [6, 6.07) is 11.4. The van der Waals surface area contributed by atoms with Crippen LogP contribution in [0.2, 0.25) is 0 Å². The molecular formula is C18H20O4. The molecule has 0 spiro atoms. The molecule has 2 rings (SSSR count). The number of fused-ring (bicyclic) bond motifs is 1. The Hall–Kier alpha value is -2.36. The summed E-state index contributed by atoms with van der Waals surface area (Å²) in [6.45, 7) is 2.56. The number of rotatable bonds is 8. The van der Waals surface area contributed by atoms with Gasteiger partial charge in [0.05, 0.1) is 12.2 Å². The molecule has 0 atom stereocenters. The van der Waals surface area contributed by atoms with Crippen LogP contribution in [0.4, 0.5) is 0 Å². The smallest absolute Gasteiger partial charge is 0.303 e. The molecule has 0 amide bonds. The average Bonchev–Trinajstić information content (AvgIpc) is 2.51. The zero-order chi connectivity index (χ0) is 15.9. The van der Waals surface area contributed by atoms with Gasteiger partial charge in [0, 0.05) is 12.8 Å². The minimum absolute atomic E-state index is 0.00164. The third kappa shape index (κ3) is 3.85. The van der Waals surface area contributed by atoms with E-state index in [1.807, 2.05) is 43.3 Å². The van der Waals surface area contributed by atoms with Gasteiger partial charge in [0.25, 0.3) is 0 Å². The number of hydrogen-bond acceptors (Lipinski definition) is 3. The Morgan fingerprint density at radius 3 is 2.59 bits per heavy atom. The van der Waals surface area contributed by atoms with Gasteiger partial charge in [-0.3, -0.25) is 9.59 Å². The van der Waals surface area contributed by atoms with Gasteiger partial charge >= 0.3 is 5.97 Å². The van der Waals surface area contributed by atoms with E-state index in [9.17, 15) is 9.59 Å². The van der Waals surface area contributed by atoms with Gasteiger partial charge in [-0.15, -0.1) is 0 Å². The number of hydrogen-bond donors (Lipinski definition) is 1. The molecule has 1 N–H and O–H groups in total. The van der Waals surface area contributed by atoms with Gasteiger partial charge in [-0.05, 0) is 29.7 Å². The molecule has 0 aromatic heterocycles. The molecule has 0 aliphatic rings. The van der Waals surface area contributed by atoms with E-state index in [2.05, 4.69) is 0 Å². The average molecular weight is 300 g/mol. The molecule has 116 valence electrons. The van der Waals surface area contributed by atoms with Crippen molar-refractivity contribution in [1.29, 1.82) is 0 Å². The second kappa shape index (κ2) is 7.59. The van der Waals surface area contributed by atoms with E-state index in [-0.39, 0.29) is 18.6 Å². The number of benzene rings is 2. The fraction of sp³-hybridized carbons (Fsp3) is 0.333. The second-order valence-electron chi connectivity index (χ2n) is 5.18. The van der Waals surface area contributed by atoms with Crippen molar-refractivity contribution in [3.8, 4) is 5.75 Å². The number of aliphatic carboxylic acids is 1. The molecule has 0 heterocycles. The van der Waals surface area contributed by atoms with Crippen LogP contribution >= 0.6 is 0 Å². The zero-order valence-corrected chi connectivity index (χ0v) is 12.7. The van der Waals surface area contributed by atoms with E-state index in [1.165, 1.54) is 0 Å². The Labute approximate surface area is 129 Å². The first-order chi connectivity index (χ1) is 10.6. The summed E-state index contributed by atoms with van der Waals surface area (Å²) in [5.41, 5.74) is 0.567. The summed E-state index contributed by atoms with van der Waals surface area (Å²) in [4.78, 5) is 23.2. The van der Waals surface area contributed by atoms with Crippen LogP contribution in [0.1, 0.15) is 43.0 Å². The monoisotopic (exact) mass is 300 g/mol. The number of carbonyl (C=O) groups is 2. The molecule has 2 aromatic carbocycles. The van der Waals surface area contributed by atoms with Crippen LogP contribution in [-0.4, -0.2) is 23.5 Å². The van der Waals surface area contributed by atoms with Gasteiger partial charge in [-0.1, -0.05) is 37.3 Å². The molecule has 4 heteroatoms. The van der Waals surface area contributed by atoms with Gasteiger partial charge < -0.3 is 9.84 Å². The minimum atomic E-state index is -0.881. The maximum absolute atomic E-state index is 12.6. The van der Waals surface area contributed by atoms with Crippen LogP contribution in [0, 0.1) is 0 Å². The Morgan fingerprint density at radius 2 is 1.86 bits per heavy atom. The molecule has 0 fully saturated rings. The number of carboxylic acid groups (broad SMARTS) is 1. The highest BCUT2D eigenvalue weighted by molar-refractivity contribution is 6.10. The normalized spacial score (nSPS) is 10.6. The lowest BCUT2D eigenvalue weighted by molar-refractivity contribution is -0.137. The lowest BCUT2D eigenvalue weighted by Gasteiger charge is -2.13. The third-order valence-corrected chi connectivity index (χ3v) is 3.43. The van der Waals surface area contributed by atoms with E-state index in [0.29, 0.717) is 24.3 Å². The van der Waals surface area contributed by atoms with Crippen molar-refractivity contribution in [3.05, 3.63) is 42.0 Å². The quantitative estimate of drug-likeness (QED) is 0.746. The SMILES string of the molecule is CCCOc1ccc2ccccc2c1C(=O)CCCC(=O)O. The van der Waals surface area contributed by atoms with Gasteiger partial charge in [-0.25, -0.2) is 0 Å². The second-order valence-corrected chi connectivity index (χ2v) is 5.18. The predicted molar refractivity (Wildman–Crippen MR) is 85.6 cm³/mol. The highest BCUT2D eigenvalue weighted by Crippen LogP contribution is 2.30. The summed E-state index contributed by atoms with van der Waals surface area (Å²) in [5.74, 6) is -0.363. The fourth-order valence-corrected chi connectivity index (χ4v) is 2.40. The molecule has 2 aromatic rings. The minimum Gasteiger partial charge on any atom is -0.493 e. The van der Waals surface area contributed by atoms with Gasteiger partial charge in [0.15, 0.2) is 5.78 Å². The van der Waals surface area contributed by atoms with E-state index < -0.39 is 5.97 Å². The van der Waals surface area contributed by atoms with Crippen molar-refractivity contribution >= 4 is 22.5 Å². The maximum Gasteiger partial charge on any atom is 0.303 e. The molecule has 0 unspecified atom stereocenters. The number of carboxylic acids is 1. The molecule has 4 nitrogen and oxygen atoms in total. The largest absolute Gasteiger partial charge is 0.493 e. The first-order valence-corrected chi connectivity index (χ1v) is 7.53. The Morgan fingerprint density at radius 1 is 1.09 bits per heavy atom. The molecule has 0 aliphatic carbocycles. The highest BCUT2D eigenvalue weighted by atomic mass is 16.5. The van der Waals surface area contributed by atoms with E-state index >= 15 is 0 Å². The van der Waals surface area contributed by atoms with Crippen LogP contribution in [0.5, 0.6) is 5.75 Å². The van der Waals surface area contributed by atoms with Crippen molar-refractivity contribution in [2.45, 2.75) is 32.6 Å². The summed E-state index contributed by atoms with van der Waals surface area (Å²) in [5, 5.41) is 10.5. The lowest BCUT2D eigenvalue weighted by Crippen LogP contribution is -2.07. The number of ether oxygens (including phenoxy) is 1. The summed E-state index contributed by atoms with van der Waals surface area (Å²) in [6.07, 6.45) is 1.41. The predicted octanol–water partition coefficient (Wildman–Crippen LogP) is 4.07. The summed E-state index contributed by atoms with van der Waals surface area (Å²) < 4.78 is 5.71. The first kappa shape index (κ1) is 16.0.